The van der Waals surface area contributed by atoms with E-state index in [1.807, 2.05) is 6.20 Å². The number of halogens is 1. The molecule has 72 valence electrons. The zero-order chi connectivity index (χ0) is 9.97. The molecule has 2 N–H and O–H groups in total. The summed E-state index contributed by atoms with van der Waals surface area (Å²) in [4.78, 5) is 8.24. The summed E-state index contributed by atoms with van der Waals surface area (Å²) in [5.41, 5.74) is 6.26. The van der Waals surface area contributed by atoms with Gasteiger partial charge in [0, 0.05) is 18.9 Å². The molecule has 0 saturated carbocycles. The standard InChI is InChI=1S/C9H9ClN4/c10-8-2-1-3-12-9(8)14-5-7(4-11)13-6-14/h1-3,5-6H,4,11H2. The first-order chi connectivity index (χ1) is 6.81. The average Bonchev–Trinajstić information content (AvgIpc) is 2.67. The second-order valence-corrected chi connectivity index (χ2v) is 3.19. The molecule has 0 saturated heterocycles. The molecule has 2 rings (SSSR count). The number of hydrogen-bond donors (Lipinski definition) is 1. The van der Waals surface area contributed by atoms with Crippen LogP contribution in [0.3, 0.4) is 0 Å². The van der Waals surface area contributed by atoms with Gasteiger partial charge in [0.05, 0.1) is 10.7 Å². The van der Waals surface area contributed by atoms with Crippen molar-refractivity contribution in [2.24, 2.45) is 5.73 Å². The lowest BCUT2D eigenvalue weighted by atomic mass is 10.4. The van der Waals surface area contributed by atoms with Crippen LogP contribution in [-0.2, 0) is 6.54 Å². The van der Waals surface area contributed by atoms with E-state index in [-0.39, 0.29) is 0 Å². The van der Waals surface area contributed by atoms with E-state index in [9.17, 15) is 0 Å². The minimum Gasteiger partial charge on any atom is -0.325 e. The van der Waals surface area contributed by atoms with Gasteiger partial charge in [0.2, 0.25) is 0 Å². The van der Waals surface area contributed by atoms with Crippen LogP contribution in [0.1, 0.15) is 5.69 Å². The van der Waals surface area contributed by atoms with Gasteiger partial charge in [-0.25, -0.2) is 9.97 Å². The molecule has 0 aliphatic heterocycles. The monoisotopic (exact) mass is 208 g/mol. The molecule has 0 amide bonds. The minimum atomic E-state index is 0.414. The zero-order valence-electron chi connectivity index (χ0n) is 7.39. The second kappa shape index (κ2) is 3.77. The molecular formula is C9H9ClN4. The van der Waals surface area contributed by atoms with Gasteiger partial charge in [0.15, 0.2) is 5.82 Å². The quantitative estimate of drug-likeness (QED) is 0.811. The van der Waals surface area contributed by atoms with Crippen LogP contribution in [0.5, 0.6) is 0 Å². The fourth-order valence-electron chi connectivity index (χ4n) is 1.15. The molecule has 0 aromatic carbocycles. The van der Waals surface area contributed by atoms with Gasteiger partial charge in [-0.15, -0.1) is 0 Å². The average molecular weight is 209 g/mol. The van der Waals surface area contributed by atoms with Crippen LogP contribution in [-0.4, -0.2) is 14.5 Å². The van der Waals surface area contributed by atoms with Crippen molar-refractivity contribution >= 4 is 11.6 Å². The highest BCUT2D eigenvalue weighted by molar-refractivity contribution is 6.32. The van der Waals surface area contributed by atoms with E-state index in [4.69, 9.17) is 17.3 Å². The Morgan fingerprint density at radius 3 is 2.93 bits per heavy atom. The summed E-state index contributed by atoms with van der Waals surface area (Å²) in [6.07, 6.45) is 5.15. The third-order valence-electron chi connectivity index (χ3n) is 1.83. The third-order valence-corrected chi connectivity index (χ3v) is 2.12. The maximum atomic E-state index is 5.97. The molecule has 2 aromatic rings. The lowest BCUT2D eigenvalue weighted by molar-refractivity contribution is 0.989. The van der Waals surface area contributed by atoms with Crippen LogP contribution in [0.15, 0.2) is 30.9 Å². The zero-order valence-corrected chi connectivity index (χ0v) is 8.15. The molecule has 0 aliphatic rings. The van der Waals surface area contributed by atoms with Crippen LogP contribution in [0.25, 0.3) is 5.82 Å². The van der Waals surface area contributed by atoms with Crippen LogP contribution in [0.2, 0.25) is 5.02 Å². The van der Waals surface area contributed by atoms with Gasteiger partial charge >= 0.3 is 0 Å². The molecule has 5 heteroatoms. The van der Waals surface area contributed by atoms with Gasteiger partial charge < -0.3 is 5.73 Å². The number of pyridine rings is 1. The summed E-state index contributed by atoms with van der Waals surface area (Å²) in [5.74, 6) is 0.668. The minimum absolute atomic E-state index is 0.414. The smallest absolute Gasteiger partial charge is 0.156 e. The Labute approximate surface area is 86.4 Å². The molecule has 0 bridgehead atoms. The maximum Gasteiger partial charge on any atom is 0.156 e. The van der Waals surface area contributed by atoms with Gasteiger partial charge in [0.25, 0.3) is 0 Å². The largest absolute Gasteiger partial charge is 0.325 e. The van der Waals surface area contributed by atoms with Gasteiger partial charge in [-0.3, -0.25) is 4.57 Å². The predicted molar refractivity (Wildman–Crippen MR) is 54.3 cm³/mol. The van der Waals surface area contributed by atoms with Crippen LogP contribution in [0.4, 0.5) is 0 Å². The lowest BCUT2D eigenvalue weighted by Gasteiger charge is -2.01. The first kappa shape index (κ1) is 9.18. The van der Waals surface area contributed by atoms with E-state index in [0.717, 1.165) is 5.69 Å². The fraction of sp³-hybridized carbons (Fsp3) is 0.111. The van der Waals surface area contributed by atoms with Crippen molar-refractivity contribution in [1.82, 2.24) is 14.5 Å². The van der Waals surface area contributed by atoms with Gasteiger partial charge in [-0.2, -0.15) is 0 Å². The van der Waals surface area contributed by atoms with Crippen molar-refractivity contribution < 1.29 is 0 Å². The number of rotatable bonds is 2. The van der Waals surface area contributed by atoms with Crippen molar-refractivity contribution in [3.63, 3.8) is 0 Å². The lowest BCUT2D eigenvalue weighted by Crippen LogP contribution is -1.97. The summed E-state index contributed by atoms with van der Waals surface area (Å²) in [6, 6.07) is 3.57. The van der Waals surface area contributed by atoms with Crippen molar-refractivity contribution in [1.29, 1.82) is 0 Å². The van der Waals surface area contributed by atoms with Crippen molar-refractivity contribution in [2.75, 3.05) is 0 Å². The van der Waals surface area contributed by atoms with E-state index in [1.165, 1.54) is 0 Å². The van der Waals surface area contributed by atoms with E-state index in [0.29, 0.717) is 17.4 Å². The molecule has 14 heavy (non-hydrogen) atoms. The molecule has 2 aromatic heterocycles. The molecular weight excluding hydrogens is 200 g/mol. The van der Waals surface area contributed by atoms with E-state index < -0.39 is 0 Å². The number of hydrogen-bond acceptors (Lipinski definition) is 3. The summed E-state index contributed by atoms with van der Waals surface area (Å²) in [5, 5.41) is 0.591. The molecule has 0 atom stereocenters. The Balaban J connectivity index is 2.44. The first-order valence-electron chi connectivity index (χ1n) is 4.15. The topological polar surface area (TPSA) is 56.7 Å². The highest BCUT2D eigenvalue weighted by atomic mass is 35.5. The van der Waals surface area contributed by atoms with E-state index >= 15 is 0 Å². The highest BCUT2D eigenvalue weighted by Gasteiger charge is 2.03. The summed E-state index contributed by atoms with van der Waals surface area (Å²) in [7, 11) is 0. The summed E-state index contributed by atoms with van der Waals surface area (Å²) < 4.78 is 1.75. The Bertz CT molecular complexity index is 438. The Hall–Kier alpha value is -1.39. The molecule has 0 fully saturated rings. The Morgan fingerprint density at radius 1 is 1.43 bits per heavy atom. The third kappa shape index (κ3) is 1.62. The maximum absolute atomic E-state index is 5.97. The highest BCUT2D eigenvalue weighted by Crippen LogP contribution is 2.16. The number of imidazole rings is 1. The SMILES string of the molecule is NCc1cn(-c2ncccc2Cl)cn1. The molecule has 0 unspecified atom stereocenters. The van der Waals surface area contributed by atoms with Crippen molar-refractivity contribution in [3.8, 4) is 5.82 Å². The first-order valence-corrected chi connectivity index (χ1v) is 4.53. The Morgan fingerprint density at radius 2 is 2.29 bits per heavy atom. The second-order valence-electron chi connectivity index (χ2n) is 2.79. The fourth-order valence-corrected chi connectivity index (χ4v) is 1.37. The number of aromatic nitrogens is 3. The van der Waals surface area contributed by atoms with Gasteiger partial charge in [-0.1, -0.05) is 11.6 Å². The predicted octanol–water partition coefficient (Wildman–Crippen LogP) is 1.38. The molecule has 0 aliphatic carbocycles. The number of nitrogens with two attached hydrogens (primary N) is 1. The normalized spacial score (nSPS) is 10.4. The van der Waals surface area contributed by atoms with E-state index in [1.54, 1.807) is 29.2 Å². The molecule has 4 nitrogen and oxygen atoms in total. The van der Waals surface area contributed by atoms with Crippen molar-refractivity contribution in [2.45, 2.75) is 6.54 Å². The van der Waals surface area contributed by atoms with Crippen LogP contribution < -0.4 is 5.73 Å². The van der Waals surface area contributed by atoms with E-state index in [2.05, 4.69) is 9.97 Å². The van der Waals surface area contributed by atoms with Gasteiger partial charge in [0.1, 0.15) is 6.33 Å². The Kier molecular flexibility index (Phi) is 2.47. The van der Waals surface area contributed by atoms with Crippen molar-refractivity contribution in [3.05, 3.63) is 41.6 Å². The van der Waals surface area contributed by atoms with Crippen LogP contribution in [0, 0.1) is 0 Å². The summed E-state index contributed by atoms with van der Waals surface area (Å²) in [6.45, 7) is 0.414. The molecule has 2 heterocycles. The van der Waals surface area contributed by atoms with Crippen LogP contribution >= 0.6 is 11.6 Å². The molecule has 0 radical (unpaired) electrons. The summed E-state index contributed by atoms with van der Waals surface area (Å²) >= 11 is 5.97. The molecule has 0 spiro atoms. The van der Waals surface area contributed by atoms with Gasteiger partial charge in [-0.05, 0) is 12.1 Å². The number of nitrogens with zero attached hydrogens (tertiary/aromatic N) is 3.